The molecule has 0 amide bonds. The van der Waals surface area contributed by atoms with Crippen molar-refractivity contribution in [3.63, 3.8) is 0 Å². The molecule has 1 aromatic carbocycles. The molecular weight excluding hydrogens is 272 g/mol. The van der Waals surface area contributed by atoms with E-state index in [0.717, 1.165) is 33.2 Å². The molecule has 3 aromatic rings. The lowest BCUT2D eigenvalue weighted by Gasteiger charge is -2.08. The highest BCUT2D eigenvalue weighted by Crippen LogP contribution is 2.28. The summed E-state index contributed by atoms with van der Waals surface area (Å²) in [6.45, 7) is 1.97. The molecule has 0 aliphatic heterocycles. The van der Waals surface area contributed by atoms with Crippen LogP contribution in [-0.4, -0.2) is 29.1 Å². The van der Waals surface area contributed by atoms with Gasteiger partial charge in [0.15, 0.2) is 5.82 Å². The Morgan fingerprint density at radius 3 is 2.70 bits per heavy atom. The van der Waals surface area contributed by atoms with E-state index in [9.17, 15) is 0 Å². The Balaban J connectivity index is 2.22. The minimum atomic E-state index is 0.636. The largest absolute Gasteiger partial charge is 0.497 e. The lowest BCUT2D eigenvalue weighted by Crippen LogP contribution is -1.99. The van der Waals surface area contributed by atoms with Crippen molar-refractivity contribution in [3.05, 3.63) is 28.6 Å². The summed E-state index contributed by atoms with van der Waals surface area (Å²) in [5.41, 5.74) is 1.67. The molecule has 0 saturated heterocycles. The minimum absolute atomic E-state index is 0.636. The van der Waals surface area contributed by atoms with Gasteiger partial charge in [0.25, 0.3) is 0 Å². The van der Waals surface area contributed by atoms with Gasteiger partial charge in [-0.25, -0.2) is 15.0 Å². The summed E-state index contributed by atoms with van der Waals surface area (Å²) in [4.78, 5) is 13.6. The van der Waals surface area contributed by atoms with Crippen LogP contribution < -0.4 is 10.1 Å². The Morgan fingerprint density at radius 1 is 1.20 bits per heavy atom. The second-order valence-corrected chi connectivity index (χ2v) is 5.34. The Labute approximate surface area is 120 Å². The maximum absolute atomic E-state index is 5.25. The van der Waals surface area contributed by atoms with Gasteiger partial charge in [-0.3, -0.25) is 0 Å². The summed E-state index contributed by atoms with van der Waals surface area (Å²) in [6, 6.07) is 5.75. The van der Waals surface area contributed by atoms with Crippen molar-refractivity contribution in [1.29, 1.82) is 0 Å². The van der Waals surface area contributed by atoms with E-state index < -0.39 is 0 Å². The maximum atomic E-state index is 5.25. The highest BCUT2D eigenvalue weighted by molar-refractivity contribution is 7.09. The number of hydrogen-bond acceptors (Lipinski definition) is 6. The van der Waals surface area contributed by atoms with Gasteiger partial charge in [0.05, 0.1) is 17.6 Å². The molecule has 0 fully saturated rings. The van der Waals surface area contributed by atoms with Crippen molar-refractivity contribution in [2.24, 2.45) is 0 Å². The fourth-order valence-corrected chi connectivity index (χ4v) is 2.60. The predicted molar refractivity (Wildman–Crippen MR) is 81.5 cm³/mol. The fraction of sp³-hybridized carbons (Fsp3) is 0.214. The molecule has 6 heteroatoms. The van der Waals surface area contributed by atoms with Gasteiger partial charge in [-0.1, -0.05) is 0 Å². The number of methoxy groups -OCH3 is 1. The van der Waals surface area contributed by atoms with Crippen molar-refractivity contribution in [2.45, 2.75) is 6.92 Å². The first-order valence-corrected chi connectivity index (χ1v) is 7.05. The van der Waals surface area contributed by atoms with Gasteiger partial charge in [0, 0.05) is 17.8 Å². The first-order chi connectivity index (χ1) is 9.71. The lowest BCUT2D eigenvalue weighted by atomic mass is 10.2. The molecule has 5 nitrogen and oxygen atoms in total. The van der Waals surface area contributed by atoms with E-state index in [1.807, 2.05) is 37.6 Å². The second-order valence-electron chi connectivity index (χ2n) is 4.28. The molecule has 20 heavy (non-hydrogen) atoms. The van der Waals surface area contributed by atoms with Crippen molar-refractivity contribution in [1.82, 2.24) is 15.0 Å². The number of nitrogens with one attached hydrogen (secondary N) is 1. The van der Waals surface area contributed by atoms with Crippen LogP contribution in [0.1, 0.15) is 5.01 Å². The molecule has 2 aromatic heterocycles. The van der Waals surface area contributed by atoms with E-state index in [4.69, 9.17) is 4.74 Å². The second kappa shape index (κ2) is 5.05. The van der Waals surface area contributed by atoms with Crippen LogP contribution in [0.25, 0.3) is 22.4 Å². The van der Waals surface area contributed by atoms with Crippen LogP contribution in [0, 0.1) is 6.92 Å². The Bertz CT molecular complexity index is 769. The predicted octanol–water partition coefficient (Wildman–Crippen LogP) is 3.11. The van der Waals surface area contributed by atoms with E-state index in [1.54, 1.807) is 18.4 Å². The smallest absolute Gasteiger partial charge is 0.181 e. The number of anilines is 1. The first-order valence-electron chi connectivity index (χ1n) is 6.17. The summed E-state index contributed by atoms with van der Waals surface area (Å²) in [5.74, 6) is 2.20. The topological polar surface area (TPSA) is 59.9 Å². The summed E-state index contributed by atoms with van der Waals surface area (Å²) in [5, 5.41) is 7.02. The number of aryl methyl sites for hydroxylation is 1. The van der Waals surface area contributed by atoms with E-state index in [1.165, 1.54) is 0 Å². The number of hydrogen-bond donors (Lipinski definition) is 1. The van der Waals surface area contributed by atoms with E-state index in [-0.39, 0.29) is 0 Å². The maximum Gasteiger partial charge on any atom is 0.181 e. The van der Waals surface area contributed by atoms with Crippen LogP contribution in [0.2, 0.25) is 0 Å². The number of benzene rings is 1. The van der Waals surface area contributed by atoms with Gasteiger partial charge in [0.1, 0.15) is 17.3 Å². The van der Waals surface area contributed by atoms with E-state index >= 15 is 0 Å². The zero-order valence-electron chi connectivity index (χ0n) is 11.5. The van der Waals surface area contributed by atoms with Crippen LogP contribution in [0.5, 0.6) is 5.75 Å². The number of rotatable bonds is 3. The van der Waals surface area contributed by atoms with E-state index in [0.29, 0.717) is 5.82 Å². The standard InChI is InChI=1S/C14H14N4OS/c1-8-16-12(7-20-8)14-17-11-5-4-9(19-3)6-10(11)13(15-2)18-14/h4-7H,1-3H3,(H,15,17,18). The van der Waals surface area contributed by atoms with Crippen molar-refractivity contribution in [3.8, 4) is 17.3 Å². The summed E-state index contributed by atoms with van der Waals surface area (Å²) < 4.78 is 5.25. The Kier molecular flexibility index (Phi) is 3.23. The molecule has 0 bridgehead atoms. The quantitative estimate of drug-likeness (QED) is 0.801. The van der Waals surface area contributed by atoms with Crippen LogP contribution in [0.4, 0.5) is 5.82 Å². The molecule has 0 radical (unpaired) electrons. The molecule has 0 saturated carbocycles. The molecule has 2 heterocycles. The van der Waals surface area contributed by atoms with Crippen LogP contribution in [0.15, 0.2) is 23.6 Å². The highest BCUT2D eigenvalue weighted by atomic mass is 32.1. The third-order valence-corrected chi connectivity index (χ3v) is 3.76. The zero-order valence-corrected chi connectivity index (χ0v) is 12.3. The van der Waals surface area contributed by atoms with Crippen molar-refractivity contribution in [2.75, 3.05) is 19.5 Å². The van der Waals surface area contributed by atoms with Crippen LogP contribution >= 0.6 is 11.3 Å². The number of aromatic nitrogens is 3. The fourth-order valence-electron chi connectivity index (χ4n) is 2.01. The minimum Gasteiger partial charge on any atom is -0.497 e. The molecule has 102 valence electrons. The first kappa shape index (κ1) is 12.8. The third kappa shape index (κ3) is 2.18. The van der Waals surface area contributed by atoms with Gasteiger partial charge < -0.3 is 10.1 Å². The lowest BCUT2D eigenvalue weighted by molar-refractivity contribution is 0.415. The number of nitrogens with zero attached hydrogens (tertiary/aromatic N) is 3. The van der Waals surface area contributed by atoms with Crippen LogP contribution in [-0.2, 0) is 0 Å². The van der Waals surface area contributed by atoms with Gasteiger partial charge in [0.2, 0.25) is 0 Å². The molecular formula is C14H14N4OS. The third-order valence-electron chi connectivity index (χ3n) is 2.99. The molecule has 0 spiro atoms. The average Bonchev–Trinajstić information content (AvgIpc) is 2.92. The molecule has 0 aliphatic rings. The van der Waals surface area contributed by atoms with Gasteiger partial charge in [-0.2, -0.15) is 0 Å². The molecule has 3 rings (SSSR count). The van der Waals surface area contributed by atoms with Gasteiger partial charge in [-0.15, -0.1) is 11.3 Å². The molecule has 1 N–H and O–H groups in total. The Morgan fingerprint density at radius 2 is 2.05 bits per heavy atom. The normalized spacial score (nSPS) is 10.8. The number of thiazole rings is 1. The molecule has 0 aliphatic carbocycles. The Hall–Kier alpha value is -2.21. The monoisotopic (exact) mass is 286 g/mol. The average molecular weight is 286 g/mol. The van der Waals surface area contributed by atoms with Crippen LogP contribution in [0.3, 0.4) is 0 Å². The molecule has 0 unspecified atom stereocenters. The highest BCUT2D eigenvalue weighted by Gasteiger charge is 2.11. The number of ether oxygens (including phenoxy) is 1. The van der Waals surface area contributed by atoms with E-state index in [2.05, 4.69) is 20.3 Å². The summed E-state index contributed by atoms with van der Waals surface area (Å²) in [6.07, 6.45) is 0. The number of fused-ring (bicyclic) bond motifs is 1. The zero-order chi connectivity index (χ0) is 14.1. The van der Waals surface area contributed by atoms with Crippen molar-refractivity contribution >= 4 is 28.1 Å². The van der Waals surface area contributed by atoms with Crippen molar-refractivity contribution < 1.29 is 4.74 Å². The van der Waals surface area contributed by atoms with Gasteiger partial charge in [-0.05, 0) is 25.1 Å². The summed E-state index contributed by atoms with van der Waals surface area (Å²) >= 11 is 1.59. The summed E-state index contributed by atoms with van der Waals surface area (Å²) in [7, 11) is 3.49. The molecule has 0 atom stereocenters. The van der Waals surface area contributed by atoms with Gasteiger partial charge >= 0.3 is 0 Å². The SMILES string of the molecule is CNc1nc(-c2csc(C)n2)nc2ccc(OC)cc12.